The van der Waals surface area contributed by atoms with Crippen LogP contribution in [0.1, 0.15) is 19.3 Å². The highest BCUT2D eigenvalue weighted by Gasteiger charge is 2.25. The highest BCUT2D eigenvalue weighted by Crippen LogP contribution is 2.18. The van der Waals surface area contributed by atoms with Gasteiger partial charge in [0.1, 0.15) is 17.3 Å². The molecule has 1 aromatic heterocycles. The van der Waals surface area contributed by atoms with E-state index in [2.05, 4.69) is 10.9 Å². The summed E-state index contributed by atoms with van der Waals surface area (Å²) in [5.74, 6) is -0.969. The van der Waals surface area contributed by atoms with E-state index in [1.54, 1.807) is 4.57 Å². The third-order valence-electron chi connectivity index (χ3n) is 4.51. The molecule has 1 aliphatic heterocycles. The normalized spacial score (nSPS) is 15.4. The molecule has 154 valence electrons. The van der Waals surface area contributed by atoms with Gasteiger partial charge in [0.15, 0.2) is 14.6 Å². The van der Waals surface area contributed by atoms with Crippen molar-refractivity contribution < 1.29 is 22.4 Å². The number of aromatic nitrogens is 1. The zero-order valence-electron chi connectivity index (χ0n) is 15.6. The molecular formula is C19H20FN3O4S2. The van der Waals surface area contributed by atoms with Crippen molar-refractivity contribution in [3.63, 3.8) is 0 Å². The number of amides is 2. The lowest BCUT2D eigenvalue weighted by Crippen LogP contribution is -2.40. The number of hydrogen-bond acceptors (Lipinski definition) is 5. The summed E-state index contributed by atoms with van der Waals surface area (Å²) < 4.78 is 40.1. The summed E-state index contributed by atoms with van der Waals surface area (Å²) in [5, 5.41) is 0. The zero-order chi connectivity index (χ0) is 21.0. The Labute approximate surface area is 171 Å². The van der Waals surface area contributed by atoms with E-state index >= 15 is 0 Å². The molecule has 2 amide bonds. The Kier molecular flexibility index (Phi) is 6.49. The van der Waals surface area contributed by atoms with Gasteiger partial charge in [0.25, 0.3) is 5.91 Å². The smallest absolute Gasteiger partial charge is 0.263 e. The van der Waals surface area contributed by atoms with Crippen LogP contribution in [0.4, 0.5) is 4.39 Å². The second-order valence-electron chi connectivity index (χ2n) is 6.77. The summed E-state index contributed by atoms with van der Waals surface area (Å²) in [4.78, 5) is 30.0. The lowest BCUT2D eigenvalue weighted by atomic mass is 10.1. The molecule has 0 N–H and O–H groups in total. The molecule has 10 heteroatoms. The van der Waals surface area contributed by atoms with E-state index in [4.69, 9.17) is 6.42 Å². The lowest BCUT2D eigenvalue weighted by molar-refractivity contribution is -0.129. The number of benzene rings is 1. The summed E-state index contributed by atoms with van der Waals surface area (Å²) in [5.41, 5.74) is 0.601. The molecule has 0 spiro atoms. The average molecular weight is 438 g/mol. The number of hydrogen-bond donors (Lipinski definition) is 0. The summed E-state index contributed by atoms with van der Waals surface area (Å²) in [6.07, 6.45) is 8.08. The van der Waals surface area contributed by atoms with Crippen LogP contribution in [0.2, 0.25) is 0 Å². The monoisotopic (exact) mass is 437 g/mol. The Balaban J connectivity index is 1.80. The van der Waals surface area contributed by atoms with E-state index in [-0.39, 0.29) is 11.3 Å². The third-order valence-corrected chi connectivity index (χ3v) is 6.92. The van der Waals surface area contributed by atoms with E-state index in [1.165, 1.54) is 23.1 Å². The van der Waals surface area contributed by atoms with E-state index < -0.39 is 39.0 Å². The predicted octanol–water partition coefficient (Wildman–Crippen LogP) is 1.33. The zero-order valence-corrected chi connectivity index (χ0v) is 17.3. The molecule has 0 unspecified atom stereocenters. The molecule has 1 aromatic carbocycles. The van der Waals surface area contributed by atoms with Gasteiger partial charge in [-0.3, -0.25) is 9.59 Å². The number of piperidine rings is 1. The van der Waals surface area contributed by atoms with Crippen molar-refractivity contribution in [2.45, 2.75) is 25.8 Å². The molecule has 7 nitrogen and oxygen atoms in total. The molecule has 1 aliphatic rings. The largest absolute Gasteiger partial charge is 0.342 e. The Bertz CT molecular complexity index is 1150. The number of carbonyl (C=O) groups is 2. The van der Waals surface area contributed by atoms with E-state index in [0.717, 1.165) is 30.6 Å². The SMILES string of the molecule is C#CCn1c(=NC(=O)CS(=O)(=O)CC(=O)N2CCCCC2)sc2cc(F)ccc21. The van der Waals surface area contributed by atoms with Crippen molar-refractivity contribution in [3.8, 4) is 12.3 Å². The molecule has 29 heavy (non-hydrogen) atoms. The third kappa shape index (κ3) is 5.31. The van der Waals surface area contributed by atoms with Crippen LogP contribution < -0.4 is 4.80 Å². The summed E-state index contributed by atoms with van der Waals surface area (Å²) in [6.45, 7) is 1.17. The summed E-state index contributed by atoms with van der Waals surface area (Å²) >= 11 is 1.04. The quantitative estimate of drug-likeness (QED) is 0.660. The van der Waals surface area contributed by atoms with Gasteiger partial charge in [-0.2, -0.15) is 4.99 Å². The molecule has 0 aliphatic carbocycles. The molecule has 0 radical (unpaired) electrons. The molecule has 0 atom stereocenters. The lowest BCUT2D eigenvalue weighted by Gasteiger charge is -2.26. The van der Waals surface area contributed by atoms with Gasteiger partial charge in [-0.25, -0.2) is 12.8 Å². The van der Waals surface area contributed by atoms with Gasteiger partial charge in [-0.15, -0.1) is 6.42 Å². The summed E-state index contributed by atoms with van der Waals surface area (Å²) in [6, 6.07) is 4.09. The fourth-order valence-electron chi connectivity index (χ4n) is 3.18. The van der Waals surface area contributed by atoms with Crippen LogP contribution in [0.5, 0.6) is 0 Å². The highest BCUT2D eigenvalue weighted by atomic mass is 32.2. The van der Waals surface area contributed by atoms with Gasteiger partial charge >= 0.3 is 0 Å². The minimum absolute atomic E-state index is 0.0952. The first-order chi connectivity index (χ1) is 13.8. The Morgan fingerprint density at radius 1 is 1.21 bits per heavy atom. The molecule has 0 saturated carbocycles. The second-order valence-corrected chi connectivity index (χ2v) is 9.84. The number of terminal acetylenes is 1. The number of thiazole rings is 1. The maximum atomic E-state index is 13.5. The van der Waals surface area contributed by atoms with Gasteiger partial charge in [-0.1, -0.05) is 17.3 Å². The average Bonchev–Trinajstić information content (AvgIpc) is 2.98. The van der Waals surface area contributed by atoms with Crippen LogP contribution in [0.3, 0.4) is 0 Å². The highest BCUT2D eigenvalue weighted by molar-refractivity contribution is 7.92. The van der Waals surface area contributed by atoms with Crippen molar-refractivity contribution in [2.75, 3.05) is 24.6 Å². The Morgan fingerprint density at radius 2 is 1.93 bits per heavy atom. The standard InChI is InChI=1S/C19H20FN3O4S2/c1-2-8-23-15-7-6-14(20)11-16(15)28-19(23)21-17(24)12-29(26,27)13-18(25)22-9-4-3-5-10-22/h1,6-7,11H,3-5,8-10,12-13H2. The molecule has 1 saturated heterocycles. The van der Waals surface area contributed by atoms with Crippen molar-refractivity contribution in [3.05, 3.63) is 28.8 Å². The van der Waals surface area contributed by atoms with Gasteiger partial charge in [-0.05, 0) is 37.5 Å². The molecule has 1 fully saturated rings. The Morgan fingerprint density at radius 3 is 2.62 bits per heavy atom. The second kappa shape index (κ2) is 8.88. The predicted molar refractivity (Wildman–Crippen MR) is 108 cm³/mol. The fraction of sp³-hybridized carbons (Fsp3) is 0.421. The number of fused-ring (bicyclic) bond motifs is 1. The van der Waals surface area contributed by atoms with E-state index in [1.807, 2.05) is 0 Å². The number of halogens is 1. The van der Waals surface area contributed by atoms with Gasteiger partial charge in [0, 0.05) is 13.1 Å². The van der Waals surface area contributed by atoms with Crippen molar-refractivity contribution in [1.82, 2.24) is 9.47 Å². The molecule has 2 aromatic rings. The first kappa shape index (κ1) is 21.2. The minimum Gasteiger partial charge on any atom is -0.342 e. The maximum absolute atomic E-state index is 13.5. The number of carbonyl (C=O) groups excluding carboxylic acids is 2. The van der Waals surface area contributed by atoms with Gasteiger partial charge < -0.3 is 9.47 Å². The van der Waals surface area contributed by atoms with Crippen LogP contribution in [0, 0.1) is 18.2 Å². The summed E-state index contributed by atoms with van der Waals surface area (Å²) in [7, 11) is -3.95. The van der Waals surface area contributed by atoms with Crippen LogP contribution in [-0.4, -0.2) is 54.3 Å². The van der Waals surface area contributed by atoms with Crippen molar-refractivity contribution >= 4 is 43.2 Å². The Hall–Kier alpha value is -2.51. The van der Waals surface area contributed by atoms with E-state index in [0.29, 0.717) is 23.3 Å². The maximum Gasteiger partial charge on any atom is 0.263 e. The van der Waals surface area contributed by atoms with Crippen molar-refractivity contribution in [1.29, 1.82) is 0 Å². The number of rotatable bonds is 5. The number of nitrogens with zero attached hydrogens (tertiary/aromatic N) is 3. The van der Waals surface area contributed by atoms with Gasteiger partial charge in [0.2, 0.25) is 5.91 Å². The first-order valence-corrected chi connectivity index (χ1v) is 11.7. The van der Waals surface area contributed by atoms with Crippen LogP contribution in [0.25, 0.3) is 10.2 Å². The van der Waals surface area contributed by atoms with E-state index in [9.17, 15) is 22.4 Å². The molecule has 0 bridgehead atoms. The molecular weight excluding hydrogens is 417 g/mol. The van der Waals surface area contributed by atoms with Crippen LogP contribution in [0.15, 0.2) is 23.2 Å². The van der Waals surface area contributed by atoms with Crippen molar-refractivity contribution in [2.24, 2.45) is 4.99 Å². The number of sulfone groups is 1. The molecule has 2 heterocycles. The van der Waals surface area contributed by atoms with Crippen LogP contribution >= 0.6 is 11.3 Å². The topological polar surface area (TPSA) is 88.8 Å². The number of likely N-dealkylation sites (tertiary alicyclic amines) is 1. The first-order valence-electron chi connectivity index (χ1n) is 9.07. The van der Waals surface area contributed by atoms with Crippen LogP contribution in [-0.2, 0) is 26.0 Å². The minimum atomic E-state index is -3.95. The van der Waals surface area contributed by atoms with Gasteiger partial charge in [0.05, 0.1) is 16.8 Å². The molecule has 3 rings (SSSR count). The fourth-order valence-corrected chi connectivity index (χ4v) is 5.35.